The minimum Gasteiger partial charge on any atom is -0.494 e. The first-order valence-corrected chi connectivity index (χ1v) is 7.81. The van der Waals surface area contributed by atoms with Gasteiger partial charge in [0.05, 0.1) is 6.61 Å². The first-order chi connectivity index (χ1) is 10.1. The van der Waals surface area contributed by atoms with E-state index < -0.39 is 0 Å². The number of nitrogens with zero attached hydrogens (tertiary/aromatic N) is 1. The summed E-state index contributed by atoms with van der Waals surface area (Å²) in [6, 6.07) is 5.83. The summed E-state index contributed by atoms with van der Waals surface area (Å²) in [5, 5.41) is 0. The average Bonchev–Trinajstić information content (AvgIpc) is 2.49. The van der Waals surface area contributed by atoms with E-state index in [-0.39, 0.29) is 24.4 Å². The summed E-state index contributed by atoms with van der Waals surface area (Å²) in [5.41, 5.74) is 7.60. The number of nitrogens with two attached hydrogens (primary N) is 1. The SMILES string of the molecule is CCOc1cc(C(=O)N2CCC(C)CC2CN)ccc1C.Cl. The number of benzene rings is 1. The number of aryl methyl sites for hydroxylation is 1. The Morgan fingerprint density at radius 2 is 2.18 bits per heavy atom. The van der Waals surface area contributed by atoms with Crippen LogP contribution in [0.5, 0.6) is 5.75 Å². The first kappa shape index (κ1) is 18.8. The Hall–Kier alpha value is -1.26. The van der Waals surface area contributed by atoms with Crippen molar-refractivity contribution in [3.8, 4) is 5.75 Å². The molecule has 4 nitrogen and oxygen atoms in total. The fourth-order valence-electron chi connectivity index (χ4n) is 2.95. The molecule has 124 valence electrons. The lowest BCUT2D eigenvalue weighted by Crippen LogP contribution is -2.49. The van der Waals surface area contributed by atoms with Crippen molar-refractivity contribution in [1.82, 2.24) is 4.90 Å². The molecule has 0 aromatic heterocycles. The predicted molar refractivity (Wildman–Crippen MR) is 91.9 cm³/mol. The molecule has 1 aliphatic rings. The lowest BCUT2D eigenvalue weighted by molar-refractivity contribution is 0.0573. The van der Waals surface area contributed by atoms with Crippen molar-refractivity contribution >= 4 is 18.3 Å². The summed E-state index contributed by atoms with van der Waals surface area (Å²) < 4.78 is 5.59. The fourth-order valence-corrected chi connectivity index (χ4v) is 2.95. The van der Waals surface area contributed by atoms with Gasteiger partial charge in [-0.05, 0) is 50.3 Å². The van der Waals surface area contributed by atoms with Crippen molar-refractivity contribution in [3.63, 3.8) is 0 Å². The van der Waals surface area contributed by atoms with Gasteiger partial charge in [0, 0.05) is 24.7 Å². The molecule has 2 unspecified atom stereocenters. The summed E-state index contributed by atoms with van der Waals surface area (Å²) in [6.45, 7) is 8.09. The van der Waals surface area contributed by atoms with E-state index in [0.717, 1.165) is 30.7 Å². The molecular weight excluding hydrogens is 300 g/mol. The zero-order valence-electron chi connectivity index (χ0n) is 13.7. The summed E-state index contributed by atoms with van der Waals surface area (Å²) in [5.74, 6) is 1.50. The van der Waals surface area contributed by atoms with Gasteiger partial charge in [0.1, 0.15) is 5.75 Å². The molecule has 1 aromatic rings. The second-order valence-corrected chi connectivity index (χ2v) is 5.93. The standard InChI is InChI=1S/C17H26N2O2.ClH/c1-4-21-16-10-14(6-5-13(16)3)17(20)19-8-7-12(2)9-15(19)11-18;/h5-6,10,12,15H,4,7-9,11,18H2,1-3H3;1H. The second kappa shape index (κ2) is 8.39. The molecular formula is C17H27ClN2O2. The summed E-state index contributed by atoms with van der Waals surface area (Å²) in [4.78, 5) is 14.7. The van der Waals surface area contributed by atoms with Crippen LogP contribution in [0.25, 0.3) is 0 Å². The van der Waals surface area contributed by atoms with Crippen LogP contribution in [-0.2, 0) is 0 Å². The lowest BCUT2D eigenvalue weighted by atomic mass is 9.92. The van der Waals surface area contributed by atoms with E-state index in [1.807, 2.05) is 36.9 Å². The molecule has 1 aromatic carbocycles. The molecule has 1 heterocycles. The molecule has 2 N–H and O–H groups in total. The molecule has 1 saturated heterocycles. The van der Waals surface area contributed by atoms with E-state index in [1.165, 1.54) is 0 Å². The highest BCUT2D eigenvalue weighted by Gasteiger charge is 2.29. The van der Waals surface area contributed by atoms with Crippen LogP contribution in [-0.4, -0.2) is 36.5 Å². The van der Waals surface area contributed by atoms with Gasteiger partial charge in [-0.2, -0.15) is 0 Å². The van der Waals surface area contributed by atoms with Crippen LogP contribution in [0, 0.1) is 12.8 Å². The van der Waals surface area contributed by atoms with Crippen LogP contribution >= 0.6 is 12.4 Å². The zero-order valence-corrected chi connectivity index (χ0v) is 14.5. The molecule has 0 radical (unpaired) electrons. The van der Waals surface area contributed by atoms with Crippen LogP contribution < -0.4 is 10.5 Å². The van der Waals surface area contributed by atoms with Crippen molar-refractivity contribution in [1.29, 1.82) is 0 Å². The van der Waals surface area contributed by atoms with Crippen molar-refractivity contribution in [2.45, 2.75) is 39.7 Å². The van der Waals surface area contributed by atoms with Gasteiger partial charge in [-0.1, -0.05) is 13.0 Å². The van der Waals surface area contributed by atoms with E-state index >= 15 is 0 Å². The van der Waals surface area contributed by atoms with Gasteiger partial charge >= 0.3 is 0 Å². The Bertz CT molecular complexity index is 507. The number of halogens is 1. The third-order valence-corrected chi connectivity index (χ3v) is 4.25. The maximum absolute atomic E-state index is 12.8. The number of carbonyl (C=O) groups excluding carboxylic acids is 1. The van der Waals surface area contributed by atoms with Crippen LogP contribution in [0.4, 0.5) is 0 Å². The number of hydrogen-bond acceptors (Lipinski definition) is 3. The minimum absolute atomic E-state index is 0. The topological polar surface area (TPSA) is 55.6 Å². The van der Waals surface area contributed by atoms with Gasteiger partial charge in [-0.3, -0.25) is 4.79 Å². The molecule has 1 amide bonds. The zero-order chi connectivity index (χ0) is 15.4. The van der Waals surface area contributed by atoms with Gasteiger partial charge in [0.15, 0.2) is 0 Å². The second-order valence-electron chi connectivity index (χ2n) is 5.93. The Morgan fingerprint density at radius 1 is 1.45 bits per heavy atom. The number of likely N-dealkylation sites (tertiary alicyclic amines) is 1. The van der Waals surface area contributed by atoms with Crippen LogP contribution in [0.2, 0.25) is 0 Å². The van der Waals surface area contributed by atoms with E-state index in [2.05, 4.69) is 6.92 Å². The third-order valence-electron chi connectivity index (χ3n) is 4.25. The highest BCUT2D eigenvalue weighted by molar-refractivity contribution is 5.95. The Labute approximate surface area is 139 Å². The van der Waals surface area contributed by atoms with E-state index in [4.69, 9.17) is 10.5 Å². The number of carbonyl (C=O) groups is 1. The van der Waals surface area contributed by atoms with Gasteiger partial charge in [0.25, 0.3) is 5.91 Å². The maximum atomic E-state index is 12.8. The highest BCUT2D eigenvalue weighted by atomic mass is 35.5. The normalized spacial score (nSPS) is 21.2. The Balaban J connectivity index is 0.00000242. The molecule has 0 saturated carbocycles. The molecule has 2 atom stereocenters. The minimum atomic E-state index is 0. The third kappa shape index (κ3) is 4.14. The number of piperidine rings is 1. The molecule has 2 rings (SSSR count). The largest absolute Gasteiger partial charge is 0.494 e. The molecule has 0 spiro atoms. The lowest BCUT2D eigenvalue weighted by Gasteiger charge is -2.38. The van der Waals surface area contributed by atoms with Crippen LogP contribution in [0.3, 0.4) is 0 Å². The molecule has 1 fully saturated rings. The number of ether oxygens (including phenoxy) is 1. The first-order valence-electron chi connectivity index (χ1n) is 7.81. The van der Waals surface area contributed by atoms with Crippen molar-refractivity contribution < 1.29 is 9.53 Å². The van der Waals surface area contributed by atoms with Gasteiger partial charge in [-0.25, -0.2) is 0 Å². The molecule has 5 heteroatoms. The summed E-state index contributed by atoms with van der Waals surface area (Å²) in [6.07, 6.45) is 2.04. The number of amides is 1. The highest BCUT2D eigenvalue weighted by Crippen LogP contribution is 2.26. The Morgan fingerprint density at radius 3 is 2.82 bits per heavy atom. The Kier molecular flexibility index (Phi) is 7.17. The van der Waals surface area contributed by atoms with Crippen molar-refractivity contribution in [2.24, 2.45) is 11.7 Å². The van der Waals surface area contributed by atoms with Crippen molar-refractivity contribution in [3.05, 3.63) is 29.3 Å². The predicted octanol–water partition coefficient (Wildman–Crippen LogP) is 3.01. The summed E-state index contributed by atoms with van der Waals surface area (Å²) in [7, 11) is 0. The van der Waals surface area contributed by atoms with E-state index in [1.54, 1.807) is 0 Å². The quantitative estimate of drug-likeness (QED) is 0.925. The van der Waals surface area contributed by atoms with Gasteiger partial charge in [-0.15, -0.1) is 12.4 Å². The molecule has 0 aliphatic carbocycles. The van der Waals surface area contributed by atoms with Crippen LogP contribution in [0.1, 0.15) is 42.6 Å². The van der Waals surface area contributed by atoms with E-state index in [0.29, 0.717) is 24.6 Å². The molecule has 1 aliphatic heterocycles. The van der Waals surface area contributed by atoms with Crippen molar-refractivity contribution in [2.75, 3.05) is 19.7 Å². The van der Waals surface area contributed by atoms with Gasteiger partial charge in [0.2, 0.25) is 0 Å². The smallest absolute Gasteiger partial charge is 0.254 e. The van der Waals surface area contributed by atoms with Gasteiger partial charge < -0.3 is 15.4 Å². The average molecular weight is 327 g/mol. The molecule has 0 bridgehead atoms. The summed E-state index contributed by atoms with van der Waals surface area (Å²) >= 11 is 0. The molecule has 22 heavy (non-hydrogen) atoms. The fraction of sp³-hybridized carbons (Fsp3) is 0.588. The number of rotatable bonds is 4. The van der Waals surface area contributed by atoms with Crippen LogP contribution in [0.15, 0.2) is 18.2 Å². The monoisotopic (exact) mass is 326 g/mol. The maximum Gasteiger partial charge on any atom is 0.254 e. The van der Waals surface area contributed by atoms with E-state index in [9.17, 15) is 4.79 Å². The number of hydrogen-bond donors (Lipinski definition) is 1.